The number of carbonyl (C=O) groups is 2. The maximum atomic E-state index is 12.5. The van der Waals surface area contributed by atoms with Gasteiger partial charge in [-0.25, -0.2) is 4.79 Å². The van der Waals surface area contributed by atoms with E-state index in [1.807, 2.05) is 24.3 Å². The quantitative estimate of drug-likeness (QED) is 0.681. The number of ether oxygens (including phenoxy) is 1. The number of methoxy groups -OCH3 is 1. The number of hydrogen-bond donors (Lipinski definition) is 2. The van der Waals surface area contributed by atoms with E-state index in [0.717, 1.165) is 16.7 Å². The van der Waals surface area contributed by atoms with Crippen LogP contribution >= 0.6 is 35.6 Å². The number of nitrogens with zero attached hydrogens (tertiary/aromatic N) is 1. The molecule has 1 amide bonds. The molecule has 1 aliphatic rings. The van der Waals surface area contributed by atoms with Gasteiger partial charge in [-0.1, -0.05) is 47.5 Å². The number of nitrogens with one attached hydrogen (secondary N) is 1. The van der Waals surface area contributed by atoms with E-state index in [-0.39, 0.29) is 24.2 Å². The van der Waals surface area contributed by atoms with Crippen LogP contribution in [-0.2, 0) is 20.9 Å². The molecular formula is C20H22Cl3N3O3. The number of nitrogens with two attached hydrogens (primary N) is 1. The second-order valence-corrected chi connectivity index (χ2v) is 7.47. The molecule has 2 atom stereocenters. The number of amides is 1. The topological polar surface area (TPSA) is 84.7 Å². The summed E-state index contributed by atoms with van der Waals surface area (Å²) in [4.78, 5) is 24.3. The third-order valence-corrected chi connectivity index (χ3v) is 5.35. The number of halogens is 3. The fraction of sp³-hybridized carbons (Fsp3) is 0.300. The first-order valence-corrected chi connectivity index (χ1v) is 9.53. The maximum absolute atomic E-state index is 12.5. The second-order valence-electron chi connectivity index (χ2n) is 6.63. The van der Waals surface area contributed by atoms with E-state index in [1.165, 1.54) is 19.0 Å². The van der Waals surface area contributed by atoms with Gasteiger partial charge >= 0.3 is 5.97 Å². The lowest BCUT2D eigenvalue weighted by molar-refractivity contribution is -0.142. The van der Waals surface area contributed by atoms with Crippen molar-refractivity contribution in [1.29, 1.82) is 0 Å². The lowest BCUT2D eigenvalue weighted by Gasteiger charge is -2.41. The van der Waals surface area contributed by atoms with Gasteiger partial charge in [0.15, 0.2) is 0 Å². The number of hydrogen-bond acceptors (Lipinski definition) is 5. The van der Waals surface area contributed by atoms with Crippen molar-refractivity contribution < 1.29 is 14.3 Å². The normalized spacial score (nSPS) is 17.8. The average Bonchev–Trinajstić information content (AvgIpc) is 2.67. The summed E-state index contributed by atoms with van der Waals surface area (Å²) in [6.07, 6.45) is 0.378. The standard InChI is InChI=1S/C20H21Cl2N3O3.ClH/c1-11(26)24-25-17-8-14(21)7-16(22)19(17)15(9-18(25)20(27)28-2)13-5-3-12(10-23)4-6-13;/h3-8,15,18H,9-10,23H2,1-2H3,(H,24,26);1H/t15-,18-;/m0./s1. The van der Waals surface area contributed by atoms with E-state index >= 15 is 0 Å². The van der Waals surface area contributed by atoms with E-state index in [2.05, 4.69) is 5.43 Å². The predicted molar refractivity (Wildman–Crippen MR) is 117 cm³/mol. The van der Waals surface area contributed by atoms with Crippen LogP contribution in [0.2, 0.25) is 10.0 Å². The van der Waals surface area contributed by atoms with Gasteiger partial charge in [0.1, 0.15) is 6.04 Å². The molecule has 0 saturated carbocycles. The van der Waals surface area contributed by atoms with Crippen molar-refractivity contribution in [1.82, 2.24) is 5.43 Å². The fourth-order valence-corrected chi connectivity index (χ4v) is 4.18. The van der Waals surface area contributed by atoms with Crippen LogP contribution < -0.4 is 16.2 Å². The van der Waals surface area contributed by atoms with Crippen LogP contribution in [0, 0.1) is 0 Å². The number of anilines is 1. The summed E-state index contributed by atoms with van der Waals surface area (Å²) in [5.74, 6) is -0.957. The van der Waals surface area contributed by atoms with Gasteiger partial charge in [-0.05, 0) is 29.7 Å². The molecule has 0 bridgehead atoms. The van der Waals surface area contributed by atoms with E-state index in [1.54, 1.807) is 12.1 Å². The zero-order valence-electron chi connectivity index (χ0n) is 15.9. The molecule has 0 fully saturated rings. The third kappa shape index (κ3) is 4.78. The Morgan fingerprint density at radius 3 is 2.45 bits per heavy atom. The van der Waals surface area contributed by atoms with Crippen LogP contribution in [0.4, 0.5) is 5.69 Å². The van der Waals surface area contributed by atoms with E-state index < -0.39 is 12.0 Å². The molecule has 0 unspecified atom stereocenters. The minimum Gasteiger partial charge on any atom is -0.467 e. The molecule has 0 aliphatic carbocycles. The number of rotatable bonds is 4. The van der Waals surface area contributed by atoms with Crippen LogP contribution in [0.25, 0.3) is 0 Å². The Morgan fingerprint density at radius 1 is 1.24 bits per heavy atom. The Kier molecular flexibility index (Phi) is 7.77. The van der Waals surface area contributed by atoms with Gasteiger partial charge in [-0.15, -0.1) is 12.4 Å². The largest absolute Gasteiger partial charge is 0.467 e. The van der Waals surface area contributed by atoms with E-state index in [4.69, 9.17) is 33.7 Å². The highest BCUT2D eigenvalue weighted by Crippen LogP contribution is 2.46. The highest BCUT2D eigenvalue weighted by Gasteiger charge is 2.40. The lowest BCUT2D eigenvalue weighted by Crippen LogP contribution is -2.55. The van der Waals surface area contributed by atoms with E-state index in [9.17, 15) is 9.59 Å². The van der Waals surface area contributed by atoms with Crippen molar-refractivity contribution in [3.05, 3.63) is 63.1 Å². The molecular weight excluding hydrogens is 437 g/mol. The van der Waals surface area contributed by atoms with Gasteiger partial charge in [0, 0.05) is 35.0 Å². The molecule has 1 aliphatic heterocycles. The summed E-state index contributed by atoms with van der Waals surface area (Å²) < 4.78 is 4.98. The molecule has 156 valence electrons. The van der Waals surface area contributed by atoms with Crippen molar-refractivity contribution in [2.45, 2.75) is 31.8 Å². The number of fused-ring (bicyclic) bond motifs is 1. The minimum absolute atomic E-state index is 0. The van der Waals surface area contributed by atoms with Gasteiger partial charge in [0.25, 0.3) is 0 Å². The third-order valence-electron chi connectivity index (χ3n) is 4.82. The molecule has 0 spiro atoms. The van der Waals surface area contributed by atoms with Crippen LogP contribution in [-0.4, -0.2) is 25.0 Å². The summed E-state index contributed by atoms with van der Waals surface area (Å²) >= 11 is 12.8. The molecule has 3 N–H and O–H groups in total. The Morgan fingerprint density at radius 2 is 1.90 bits per heavy atom. The number of esters is 1. The smallest absolute Gasteiger partial charge is 0.330 e. The molecule has 0 aromatic heterocycles. The highest BCUT2D eigenvalue weighted by atomic mass is 35.5. The van der Waals surface area contributed by atoms with Gasteiger partial charge in [-0.3, -0.25) is 15.2 Å². The van der Waals surface area contributed by atoms with Crippen molar-refractivity contribution in [2.75, 3.05) is 12.1 Å². The first-order valence-electron chi connectivity index (χ1n) is 8.77. The monoisotopic (exact) mass is 457 g/mol. The van der Waals surface area contributed by atoms with Crippen LogP contribution in [0.3, 0.4) is 0 Å². The van der Waals surface area contributed by atoms with Crippen molar-refractivity contribution in [3.63, 3.8) is 0 Å². The molecule has 29 heavy (non-hydrogen) atoms. The van der Waals surface area contributed by atoms with Crippen molar-refractivity contribution in [2.24, 2.45) is 5.73 Å². The summed E-state index contributed by atoms with van der Waals surface area (Å²) in [6, 6.07) is 10.5. The van der Waals surface area contributed by atoms with Gasteiger partial charge in [-0.2, -0.15) is 0 Å². The lowest BCUT2D eigenvalue weighted by atomic mass is 9.81. The zero-order valence-corrected chi connectivity index (χ0v) is 18.3. The Balaban J connectivity index is 0.00000300. The predicted octanol–water partition coefficient (Wildman–Crippen LogP) is 3.81. The molecule has 1 heterocycles. The SMILES string of the molecule is COC(=O)[C@@H]1C[C@@H](c2ccc(CN)cc2)c2c(Cl)cc(Cl)cc2N1NC(C)=O.Cl. The first kappa shape index (κ1) is 23.3. The molecule has 6 nitrogen and oxygen atoms in total. The van der Waals surface area contributed by atoms with Crippen LogP contribution in [0.5, 0.6) is 0 Å². The summed E-state index contributed by atoms with van der Waals surface area (Å²) in [5, 5.41) is 2.36. The average molecular weight is 459 g/mol. The van der Waals surface area contributed by atoms with Crippen molar-refractivity contribution in [3.8, 4) is 0 Å². The fourth-order valence-electron chi connectivity index (χ4n) is 3.56. The molecule has 0 radical (unpaired) electrons. The number of carbonyl (C=O) groups excluding carboxylic acids is 2. The number of hydrazine groups is 1. The highest BCUT2D eigenvalue weighted by molar-refractivity contribution is 6.35. The Hall–Kier alpha value is -1.99. The molecule has 3 rings (SSSR count). The molecule has 2 aromatic rings. The maximum Gasteiger partial charge on any atom is 0.330 e. The van der Waals surface area contributed by atoms with Crippen LogP contribution in [0.15, 0.2) is 36.4 Å². The van der Waals surface area contributed by atoms with Gasteiger partial charge in [0.2, 0.25) is 5.91 Å². The molecule has 9 heteroatoms. The molecule has 2 aromatic carbocycles. The summed E-state index contributed by atoms with van der Waals surface area (Å²) in [5.41, 5.74) is 11.8. The van der Waals surface area contributed by atoms with Crippen molar-refractivity contribution >= 4 is 53.2 Å². The van der Waals surface area contributed by atoms with Gasteiger partial charge in [0.05, 0.1) is 12.8 Å². The second kappa shape index (κ2) is 9.67. The van der Waals surface area contributed by atoms with Gasteiger partial charge < -0.3 is 10.5 Å². The first-order chi connectivity index (χ1) is 13.3. The Labute approximate surface area is 185 Å². The minimum atomic E-state index is -0.727. The van der Waals surface area contributed by atoms with E-state index in [0.29, 0.717) is 28.7 Å². The summed E-state index contributed by atoms with van der Waals surface area (Å²) in [6.45, 7) is 1.82. The zero-order chi connectivity index (χ0) is 20.4. The summed E-state index contributed by atoms with van der Waals surface area (Å²) in [7, 11) is 1.32. The number of benzene rings is 2. The Bertz CT molecular complexity index is 906. The van der Waals surface area contributed by atoms with Crippen LogP contribution in [0.1, 0.15) is 36.0 Å². The molecule has 0 saturated heterocycles.